The molecule has 0 aliphatic carbocycles. The zero-order chi connectivity index (χ0) is 28.5. The Bertz CT molecular complexity index is 1590. The third-order valence-corrected chi connectivity index (χ3v) is 6.52. The highest BCUT2D eigenvalue weighted by Gasteiger charge is 2.26. The number of hydrogen-bond acceptors (Lipinski definition) is 7. The monoisotopic (exact) mass is 563 g/mol. The quantitative estimate of drug-likeness (QED) is 0.268. The summed E-state index contributed by atoms with van der Waals surface area (Å²) in [5, 5.41) is 3.35. The molecule has 0 saturated carbocycles. The molecule has 11 heteroatoms. The highest BCUT2D eigenvalue weighted by molar-refractivity contribution is 7.89. The minimum Gasteiger partial charge on any atom is -0.459 e. The second-order valence-corrected chi connectivity index (χ2v) is 10.9. The molecule has 1 aromatic heterocycles. The normalized spacial score (nSPS) is 11.9. The number of rotatable bonds is 11. The fourth-order valence-corrected chi connectivity index (χ4v) is 4.64. The predicted molar refractivity (Wildman–Crippen MR) is 148 cm³/mol. The molecular formula is C29H29N3O7S. The number of hydrogen-bond donors (Lipinski definition) is 2. The molecule has 4 aromatic rings. The van der Waals surface area contributed by atoms with Gasteiger partial charge in [-0.15, -0.1) is 0 Å². The lowest BCUT2D eigenvalue weighted by Gasteiger charge is -2.18. The van der Waals surface area contributed by atoms with Crippen molar-refractivity contribution in [1.29, 1.82) is 0 Å². The molecule has 40 heavy (non-hydrogen) atoms. The van der Waals surface area contributed by atoms with E-state index in [0.717, 1.165) is 22.8 Å². The molecule has 0 aliphatic rings. The molecule has 208 valence electrons. The lowest BCUT2D eigenvalue weighted by Crippen LogP contribution is -2.43. The fraction of sp³-hybridized carbons (Fsp3) is 0.207. The van der Waals surface area contributed by atoms with Gasteiger partial charge in [0.1, 0.15) is 25.8 Å². The maximum absolute atomic E-state index is 13.2. The summed E-state index contributed by atoms with van der Waals surface area (Å²) in [5.41, 5.74) is 2.88. The average molecular weight is 564 g/mol. The Morgan fingerprint density at radius 3 is 2.02 bits per heavy atom. The summed E-state index contributed by atoms with van der Waals surface area (Å²) < 4.78 is 37.4. The number of nitrogens with one attached hydrogen (secondary N) is 2. The van der Waals surface area contributed by atoms with Crippen LogP contribution in [-0.2, 0) is 55.3 Å². The van der Waals surface area contributed by atoms with Crippen LogP contribution in [0.4, 0.5) is 4.79 Å². The SMILES string of the molecule is CS(=O)(=O)NC(=O)Cn1cc(C[C@H](NC(=O)OCc2ccccc2)C(=O)OCc2ccccc2)c2ccccc21. The largest absolute Gasteiger partial charge is 0.459 e. The van der Waals surface area contributed by atoms with Gasteiger partial charge in [0.2, 0.25) is 10.0 Å². The summed E-state index contributed by atoms with van der Waals surface area (Å²) in [6.07, 6.45) is 1.80. The van der Waals surface area contributed by atoms with Crippen molar-refractivity contribution >= 4 is 38.9 Å². The summed E-state index contributed by atoms with van der Waals surface area (Å²) >= 11 is 0. The van der Waals surface area contributed by atoms with Gasteiger partial charge in [-0.3, -0.25) is 9.52 Å². The molecule has 0 fully saturated rings. The van der Waals surface area contributed by atoms with Crippen molar-refractivity contribution in [2.75, 3.05) is 6.26 Å². The molecule has 1 heterocycles. The number of amides is 2. The molecule has 0 bridgehead atoms. The van der Waals surface area contributed by atoms with E-state index >= 15 is 0 Å². The first kappa shape index (κ1) is 28.4. The van der Waals surface area contributed by atoms with Crippen LogP contribution >= 0.6 is 0 Å². The maximum Gasteiger partial charge on any atom is 0.408 e. The van der Waals surface area contributed by atoms with Gasteiger partial charge in [0.05, 0.1) is 6.26 Å². The van der Waals surface area contributed by atoms with Crippen LogP contribution in [0.2, 0.25) is 0 Å². The van der Waals surface area contributed by atoms with E-state index in [2.05, 4.69) is 5.32 Å². The highest BCUT2D eigenvalue weighted by atomic mass is 32.2. The Kier molecular flexibility index (Phi) is 9.18. The van der Waals surface area contributed by atoms with Gasteiger partial charge in [-0.2, -0.15) is 0 Å². The number of aromatic nitrogens is 1. The van der Waals surface area contributed by atoms with Crippen LogP contribution in [0.15, 0.2) is 91.1 Å². The predicted octanol–water partition coefficient (Wildman–Crippen LogP) is 3.30. The minimum absolute atomic E-state index is 0.0182. The standard InChI is InChI=1S/C29H29N3O7S/c1-40(36,37)31-27(33)18-32-17-23(24-14-8-9-15-26(24)32)16-25(28(34)38-19-21-10-4-2-5-11-21)30-29(35)39-20-22-12-6-3-7-13-22/h2-15,17,25H,16,18-20H2,1H3,(H,30,35)(H,31,33)/t25-/m0/s1. The van der Waals surface area contributed by atoms with Gasteiger partial charge < -0.3 is 19.4 Å². The second-order valence-electron chi connectivity index (χ2n) is 9.15. The molecule has 2 amide bonds. The number of sulfonamides is 1. The van der Waals surface area contributed by atoms with Gasteiger partial charge in [-0.25, -0.2) is 18.0 Å². The number of carbonyl (C=O) groups is 3. The summed E-state index contributed by atoms with van der Waals surface area (Å²) in [4.78, 5) is 38.2. The van der Waals surface area contributed by atoms with Crippen molar-refractivity contribution in [3.05, 3.63) is 108 Å². The first-order valence-electron chi connectivity index (χ1n) is 12.4. The number of esters is 1. The van der Waals surface area contributed by atoms with Crippen LogP contribution in [0.5, 0.6) is 0 Å². The van der Waals surface area contributed by atoms with Gasteiger partial charge in [-0.1, -0.05) is 78.9 Å². The third-order valence-electron chi connectivity index (χ3n) is 5.92. The molecule has 0 saturated heterocycles. The summed E-state index contributed by atoms with van der Waals surface area (Å²) in [6.45, 7) is -0.221. The number of nitrogens with zero attached hydrogens (tertiary/aromatic N) is 1. The van der Waals surface area contributed by atoms with Crippen LogP contribution in [-0.4, -0.2) is 43.3 Å². The molecule has 0 aliphatic heterocycles. The van der Waals surface area contributed by atoms with Gasteiger partial charge in [0.25, 0.3) is 5.91 Å². The fourth-order valence-electron chi connectivity index (χ4n) is 4.16. The second kappa shape index (κ2) is 12.9. The Hall–Kier alpha value is -4.64. The maximum atomic E-state index is 13.2. The van der Waals surface area contributed by atoms with Gasteiger partial charge in [-0.05, 0) is 22.8 Å². The zero-order valence-electron chi connectivity index (χ0n) is 21.8. The van der Waals surface area contributed by atoms with Gasteiger partial charge in [0, 0.05) is 23.5 Å². The van der Waals surface area contributed by atoms with Crippen molar-refractivity contribution in [2.45, 2.75) is 32.2 Å². The van der Waals surface area contributed by atoms with Crippen molar-refractivity contribution in [2.24, 2.45) is 0 Å². The van der Waals surface area contributed by atoms with E-state index in [1.807, 2.05) is 71.5 Å². The number of fused-ring (bicyclic) bond motifs is 1. The third kappa shape index (κ3) is 8.18. The van der Waals surface area contributed by atoms with E-state index in [-0.39, 0.29) is 26.2 Å². The number of benzene rings is 3. The first-order valence-corrected chi connectivity index (χ1v) is 14.3. The first-order chi connectivity index (χ1) is 19.2. The summed E-state index contributed by atoms with van der Waals surface area (Å²) in [7, 11) is -3.72. The summed E-state index contributed by atoms with van der Waals surface area (Å²) in [5.74, 6) is -1.37. The Morgan fingerprint density at radius 2 is 1.40 bits per heavy atom. The van der Waals surface area contributed by atoms with Crippen LogP contribution < -0.4 is 10.0 Å². The Morgan fingerprint density at radius 1 is 0.825 bits per heavy atom. The molecular weight excluding hydrogens is 534 g/mol. The van der Waals surface area contributed by atoms with E-state index < -0.39 is 34.0 Å². The topological polar surface area (TPSA) is 133 Å². The van der Waals surface area contributed by atoms with Crippen molar-refractivity contribution < 1.29 is 32.3 Å². The lowest BCUT2D eigenvalue weighted by atomic mass is 10.1. The number of carbonyl (C=O) groups excluding carboxylic acids is 3. The van der Waals surface area contributed by atoms with Crippen molar-refractivity contribution in [3.63, 3.8) is 0 Å². The van der Waals surface area contributed by atoms with E-state index in [1.165, 1.54) is 0 Å². The molecule has 0 unspecified atom stereocenters. The molecule has 1 atom stereocenters. The minimum atomic E-state index is -3.72. The van der Waals surface area contributed by atoms with E-state index in [9.17, 15) is 22.8 Å². The number of alkyl carbamates (subject to hydrolysis) is 1. The Labute approximate surface area is 232 Å². The van der Waals surface area contributed by atoms with E-state index in [1.54, 1.807) is 29.0 Å². The number of ether oxygens (including phenoxy) is 2. The molecule has 0 spiro atoms. The molecule has 4 rings (SSSR count). The van der Waals surface area contributed by atoms with Crippen LogP contribution in [0.25, 0.3) is 10.9 Å². The zero-order valence-corrected chi connectivity index (χ0v) is 22.6. The Balaban J connectivity index is 1.54. The number of para-hydroxylation sites is 1. The summed E-state index contributed by atoms with van der Waals surface area (Å²) in [6, 6.07) is 24.3. The van der Waals surface area contributed by atoms with E-state index in [4.69, 9.17) is 9.47 Å². The average Bonchev–Trinajstić information content (AvgIpc) is 3.27. The van der Waals surface area contributed by atoms with Crippen LogP contribution in [0, 0.1) is 0 Å². The molecule has 0 radical (unpaired) electrons. The molecule has 3 aromatic carbocycles. The van der Waals surface area contributed by atoms with Crippen LogP contribution in [0.1, 0.15) is 16.7 Å². The van der Waals surface area contributed by atoms with Crippen LogP contribution in [0.3, 0.4) is 0 Å². The van der Waals surface area contributed by atoms with E-state index in [0.29, 0.717) is 11.1 Å². The van der Waals surface area contributed by atoms with Gasteiger partial charge in [0.15, 0.2) is 0 Å². The highest BCUT2D eigenvalue weighted by Crippen LogP contribution is 2.23. The lowest BCUT2D eigenvalue weighted by molar-refractivity contribution is -0.147. The van der Waals surface area contributed by atoms with Crippen molar-refractivity contribution in [1.82, 2.24) is 14.6 Å². The molecule has 2 N–H and O–H groups in total. The van der Waals surface area contributed by atoms with Gasteiger partial charge >= 0.3 is 12.1 Å². The molecule has 10 nitrogen and oxygen atoms in total. The smallest absolute Gasteiger partial charge is 0.408 e. The van der Waals surface area contributed by atoms with Crippen molar-refractivity contribution in [3.8, 4) is 0 Å².